The summed E-state index contributed by atoms with van der Waals surface area (Å²) in [5, 5.41) is 9.25. The number of rotatable bonds is 10. The fourth-order valence-electron chi connectivity index (χ4n) is 5.52. The Morgan fingerprint density at radius 2 is 1.32 bits per heavy atom. The van der Waals surface area contributed by atoms with Gasteiger partial charge in [-0.15, -0.1) is 10.2 Å². The van der Waals surface area contributed by atoms with Crippen molar-refractivity contribution in [3.63, 3.8) is 0 Å². The Morgan fingerprint density at radius 3 is 1.93 bits per heavy atom. The minimum absolute atomic E-state index is 0.548. The van der Waals surface area contributed by atoms with E-state index in [1.807, 2.05) is 30.9 Å². The van der Waals surface area contributed by atoms with Crippen LogP contribution in [0.5, 0.6) is 0 Å². The van der Waals surface area contributed by atoms with Crippen LogP contribution in [0.15, 0.2) is 134 Å². The highest BCUT2D eigenvalue weighted by Crippen LogP contribution is 2.40. The summed E-state index contributed by atoms with van der Waals surface area (Å²) in [4.78, 5) is 4.89. The van der Waals surface area contributed by atoms with Crippen LogP contribution >= 0.6 is 11.6 Å². The van der Waals surface area contributed by atoms with E-state index in [9.17, 15) is 0 Å². The highest BCUT2D eigenvalue weighted by Gasteiger charge is 2.38. The maximum Gasteiger partial charge on any atom is 0.137 e. The van der Waals surface area contributed by atoms with Crippen molar-refractivity contribution in [1.82, 2.24) is 24.3 Å². The predicted molar refractivity (Wildman–Crippen MR) is 159 cm³/mol. The number of aromatic nitrogens is 5. The molecule has 6 rings (SSSR count). The highest BCUT2D eigenvalue weighted by atomic mass is 35.5. The quantitative estimate of drug-likeness (QED) is 0.172. The third kappa shape index (κ3) is 5.21. The van der Waals surface area contributed by atoms with Gasteiger partial charge in [-0.25, -0.2) is 4.98 Å². The Kier molecular flexibility index (Phi) is 7.56. The van der Waals surface area contributed by atoms with Crippen molar-refractivity contribution >= 4 is 11.6 Å². The fraction of sp³-hybridized carbons (Fsp3) is 0.147. The minimum atomic E-state index is -0.548. The zero-order chi connectivity index (χ0) is 27.2. The first-order valence-corrected chi connectivity index (χ1v) is 13.9. The van der Waals surface area contributed by atoms with E-state index >= 15 is 0 Å². The lowest BCUT2D eigenvalue weighted by atomic mass is 9.77. The van der Waals surface area contributed by atoms with Crippen molar-refractivity contribution < 1.29 is 0 Å². The number of aryl methyl sites for hydroxylation is 2. The summed E-state index contributed by atoms with van der Waals surface area (Å²) in [5.41, 5.74) is 5.19. The normalized spacial score (nSPS) is 11.5. The summed E-state index contributed by atoms with van der Waals surface area (Å²) in [6.45, 7) is 0.816. The van der Waals surface area contributed by atoms with Gasteiger partial charge in [-0.2, -0.15) is 0 Å². The van der Waals surface area contributed by atoms with E-state index in [1.165, 1.54) is 16.7 Å². The molecule has 0 N–H and O–H groups in total. The summed E-state index contributed by atoms with van der Waals surface area (Å²) >= 11 is 6.18. The first kappa shape index (κ1) is 25.8. The average Bonchev–Trinajstić information content (AvgIpc) is 3.65. The molecule has 2 aromatic heterocycles. The second-order valence-corrected chi connectivity index (χ2v) is 10.4. The molecule has 0 aliphatic rings. The topological polar surface area (TPSA) is 48.5 Å². The highest BCUT2D eigenvalue weighted by molar-refractivity contribution is 6.30. The lowest BCUT2D eigenvalue weighted by Crippen LogP contribution is -2.36. The molecule has 0 atom stereocenters. The molecule has 0 aliphatic carbocycles. The standard InChI is InChI=1S/C34H30ClN5/c35-31-19-10-12-27(22-31)23-33-38-37-26-39(33)21-11-20-32-24-40(25-36-32)34(28-13-4-1-5-14-28,29-15-6-2-7-16-29)30-17-8-3-9-18-30/h1-10,12-19,22,24-26H,11,20-21,23H2. The summed E-state index contributed by atoms with van der Waals surface area (Å²) < 4.78 is 4.39. The summed E-state index contributed by atoms with van der Waals surface area (Å²) in [5.74, 6) is 0.934. The first-order chi connectivity index (χ1) is 19.7. The third-order valence-electron chi connectivity index (χ3n) is 7.38. The van der Waals surface area contributed by atoms with Gasteiger partial charge >= 0.3 is 0 Å². The monoisotopic (exact) mass is 543 g/mol. The van der Waals surface area contributed by atoms with Gasteiger partial charge in [0.1, 0.15) is 17.7 Å². The van der Waals surface area contributed by atoms with Crippen LogP contribution in [0, 0.1) is 0 Å². The molecule has 5 nitrogen and oxygen atoms in total. The summed E-state index contributed by atoms with van der Waals surface area (Å²) in [7, 11) is 0. The number of hydrogen-bond acceptors (Lipinski definition) is 3. The predicted octanol–water partition coefficient (Wildman–Crippen LogP) is 7.19. The second kappa shape index (κ2) is 11.7. The van der Waals surface area contributed by atoms with Crippen LogP contribution in [0.4, 0.5) is 0 Å². The van der Waals surface area contributed by atoms with Gasteiger partial charge in [-0.05, 0) is 47.2 Å². The van der Waals surface area contributed by atoms with Gasteiger partial charge in [-0.3, -0.25) is 0 Å². The van der Waals surface area contributed by atoms with Crippen LogP contribution in [0.3, 0.4) is 0 Å². The van der Waals surface area contributed by atoms with Gasteiger partial charge < -0.3 is 9.13 Å². The number of benzene rings is 4. The molecule has 0 aliphatic heterocycles. The molecule has 2 heterocycles. The molecule has 40 heavy (non-hydrogen) atoms. The van der Waals surface area contributed by atoms with Crippen molar-refractivity contribution in [2.75, 3.05) is 0 Å². The Bertz CT molecular complexity index is 1560. The van der Waals surface area contributed by atoms with E-state index < -0.39 is 5.54 Å². The van der Waals surface area contributed by atoms with Gasteiger partial charge in [0, 0.05) is 24.2 Å². The Hall–Kier alpha value is -4.48. The summed E-state index contributed by atoms with van der Waals surface area (Å²) in [6.07, 6.45) is 8.45. The van der Waals surface area contributed by atoms with Gasteiger partial charge in [0.05, 0.1) is 12.0 Å². The van der Waals surface area contributed by atoms with Gasteiger partial charge in [-0.1, -0.05) is 115 Å². The third-order valence-corrected chi connectivity index (χ3v) is 7.61. The van der Waals surface area contributed by atoms with Crippen molar-refractivity contribution in [2.24, 2.45) is 0 Å². The van der Waals surface area contributed by atoms with E-state index in [4.69, 9.17) is 16.6 Å². The van der Waals surface area contributed by atoms with Crippen LogP contribution < -0.4 is 0 Å². The first-order valence-electron chi connectivity index (χ1n) is 13.5. The van der Waals surface area contributed by atoms with Crippen molar-refractivity contribution in [3.05, 3.63) is 173 Å². The zero-order valence-electron chi connectivity index (χ0n) is 22.1. The van der Waals surface area contributed by atoms with Gasteiger partial charge in [0.2, 0.25) is 0 Å². The molecule has 0 saturated carbocycles. The molecule has 0 fully saturated rings. The number of nitrogens with zero attached hydrogens (tertiary/aromatic N) is 5. The largest absolute Gasteiger partial charge is 0.319 e. The molecule has 0 amide bonds. The molecule has 0 spiro atoms. The summed E-state index contributed by atoms with van der Waals surface area (Å²) in [6, 6.07) is 39.9. The Morgan fingerprint density at radius 1 is 0.700 bits per heavy atom. The number of imidazole rings is 1. The second-order valence-electron chi connectivity index (χ2n) is 9.93. The van der Waals surface area contributed by atoms with E-state index in [0.717, 1.165) is 41.5 Å². The lowest BCUT2D eigenvalue weighted by molar-refractivity contribution is 0.514. The minimum Gasteiger partial charge on any atom is -0.319 e. The average molecular weight is 544 g/mol. The van der Waals surface area contributed by atoms with Crippen molar-refractivity contribution in [1.29, 1.82) is 0 Å². The molecule has 198 valence electrons. The zero-order valence-corrected chi connectivity index (χ0v) is 22.9. The van der Waals surface area contributed by atoms with Crippen molar-refractivity contribution in [3.8, 4) is 0 Å². The van der Waals surface area contributed by atoms with Gasteiger partial charge in [0.25, 0.3) is 0 Å². The molecule has 4 aromatic carbocycles. The molecule has 0 radical (unpaired) electrons. The van der Waals surface area contributed by atoms with E-state index in [0.29, 0.717) is 6.42 Å². The molecule has 0 saturated heterocycles. The Balaban J connectivity index is 1.28. The number of hydrogen-bond donors (Lipinski definition) is 0. The van der Waals surface area contributed by atoms with E-state index in [-0.39, 0.29) is 0 Å². The maximum atomic E-state index is 6.18. The number of halogens is 1. The van der Waals surface area contributed by atoms with Crippen LogP contribution in [-0.2, 0) is 24.9 Å². The van der Waals surface area contributed by atoms with Gasteiger partial charge in [0.15, 0.2) is 0 Å². The van der Waals surface area contributed by atoms with Crippen LogP contribution in [0.1, 0.15) is 40.2 Å². The lowest BCUT2D eigenvalue weighted by Gasteiger charge is -2.37. The maximum absolute atomic E-state index is 6.18. The SMILES string of the molecule is Clc1cccc(Cc2nncn2CCCc2cn(C(c3ccccc3)(c3ccccc3)c3ccccc3)cn2)c1. The van der Waals surface area contributed by atoms with E-state index in [2.05, 4.69) is 123 Å². The van der Waals surface area contributed by atoms with E-state index in [1.54, 1.807) is 0 Å². The smallest absolute Gasteiger partial charge is 0.137 e. The molecular formula is C34H30ClN5. The fourth-order valence-corrected chi connectivity index (χ4v) is 5.74. The van der Waals surface area contributed by atoms with Crippen LogP contribution in [0.2, 0.25) is 5.02 Å². The van der Waals surface area contributed by atoms with Crippen molar-refractivity contribution in [2.45, 2.75) is 31.3 Å². The molecule has 0 unspecified atom stereocenters. The molecule has 0 bridgehead atoms. The molecule has 6 aromatic rings. The molecular weight excluding hydrogens is 514 g/mol. The molecule has 6 heteroatoms. The van der Waals surface area contributed by atoms with Crippen LogP contribution in [0.25, 0.3) is 0 Å². The van der Waals surface area contributed by atoms with Crippen LogP contribution in [-0.4, -0.2) is 24.3 Å². The Labute approximate surface area is 239 Å².